The zero-order valence-corrected chi connectivity index (χ0v) is 19.4. The first-order chi connectivity index (χ1) is 15.9. The lowest BCUT2D eigenvalue weighted by Crippen LogP contribution is -2.39. The van der Waals surface area contributed by atoms with Gasteiger partial charge in [-0.25, -0.2) is 4.68 Å². The van der Waals surface area contributed by atoms with E-state index in [1.54, 1.807) is 32.4 Å². The molecule has 1 aliphatic heterocycles. The Morgan fingerprint density at radius 3 is 2.61 bits per heavy atom. The van der Waals surface area contributed by atoms with Crippen LogP contribution in [0.2, 0.25) is 5.02 Å². The summed E-state index contributed by atoms with van der Waals surface area (Å²) in [5.74, 6) is -0.0768. The lowest BCUT2D eigenvalue weighted by Gasteiger charge is -2.32. The van der Waals surface area contributed by atoms with Gasteiger partial charge in [-0.15, -0.1) is 5.10 Å². The van der Waals surface area contributed by atoms with E-state index in [1.165, 1.54) is 4.90 Å². The Kier molecular flexibility index (Phi) is 5.54. The summed E-state index contributed by atoms with van der Waals surface area (Å²) in [5, 5.41) is 9.99. The molecular formula is C24H25ClN6O2. The number of carbonyl (C=O) groups is 2. The second kappa shape index (κ2) is 8.51. The zero-order chi connectivity index (χ0) is 23.1. The number of hydrogen-bond donors (Lipinski definition) is 0. The Balaban J connectivity index is 1.38. The van der Waals surface area contributed by atoms with Crippen LogP contribution in [0.25, 0.3) is 21.9 Å². The molecule has 2 aromatic carbocycles. The third-order valence-electron chi connectivity index (χ3n) is 6.35. The highest BCUT2D eigenvalue weighted by Gasteiger charge is 2.28. The number of likely N-dealkylation sites (N-methyl/N-ethyl adjacent to an activating group) is 1. The monoisotopic (exact) mass is 464 g/mol. The fraction of sp³-hybridized carbons (Fsp3) is 0.333. The number of carbonyl (C=O) groups excluding carboxylic acids is 2. The van der Waals surface area contributed by atoms with E-state index in [4.69, 9.17) is 11.6 Å². The summed E-state index contributed by atoms with van der Waals surface area (Å²) in [6.45, 7) is 1.42. The number of rotatable bonds is 4. The SMILES string of the molecule is CN(C)C(=O)Cn1cc(C(=O)N2CCC(n3nnc4ccccc43)CC2)c2ccc(Cl)cc21. The molecule has 5 rings (SSSR count). The Bertz CT molecular complexity index is 1350. The van der Waals surface area contributed by atoms with Gasteiger partial charge in [0.2, 0.25) is 5.91 Å². The Hall–Kier alpha value is -3.39. The van der Waals surface area contributed by atoms with Crippen LogP contribution in [-0.4, -0.2) is 68.4 Å². The van der Waals surface area contributed by atoms with Gasteiger partial charge in [-0.1, -0.05) is 35.0 Å². The van der Waals surface area contributed by atoms with Crippen LogP contribution in [0.15, 0.2) is 48.7 Å². The van der Waals surface area contributed by atoms with Crippen LogP contribution in [0.5, 0.6) is 0 Å². The number of para-hydroxylation sites is 1. The lowest BCUT2D eigenvalue weighted by molar-refractivity contribution is -0.129. The molecule has 8 nitrogen and oxygen atoms in total. The number of hydrogen-bond acceptors (Lipinski definition) is 4. The van der Waals surface area contributed by atoms with Crippen LogP contribution in [0.3, 0.4) is 0 Å². The van der Waals surface area contributed by atoms with Crippen LogP contribution >= 0.6 is 11.6 Å². The fourth-order valence-electron chi connectivity index (χ4n) is 4.49. The summed E-state index contributed by atoms with van der Waals surface area (Å²) in [4.78, 5) is 29.2. The third-order valence-corrected chi connectivity index (χ3v) is 6.59. The first-order valence-corrected chi connectivity index (χ1v) is 11.4. The molecule has 0 spiro atoms. The van der Waals surface area contributed by atoms with E-state index in [1.807, 2.05) is 44.5 Å². The Morgan fingerprint density at radius 1 is 1.09 bits per heavy atom. The molecule has 0 N–H and O–H groups in total. The summed E-state index contributed by atoms with van der Waals surface area (Å²) < 4.78 is 3.79. The molecule has 0 saturated carbocycles. The van der Waals surface area contributed by atoms with Gasteiger partial charge in [-0.05, 0) is 37.1 Å². The van der Waals surface area contributed by atoms with E-state index >= 15 is 0 Å². The van der Waals surface area contributed by atoms with E-state index in [-0.39, 0.29) is 24.4 Å². The molecule has 0 aliphatic carbocycles. The Morgan fingerprint density at radius 2 is 1.85 bits per heavy atom. The van der Waals surface area contributed by atoms with E-state index in [0.717, 1.165) is 34.8 Å². The molecule has 1 aliphatic rings. The fourth-order valence-corrected chi connectivity index (χ4v) is 4.66. The van der Waals surface area contributed by atoms with Crippen LogP contribution < -0.4 is 0 Å². The molecule has 1 fully saturated rings. The smallest absolute Gasteiger partial charge is 0.256 e. The van der Waals surface area contributed by atoms with Crippen LogP contribution in [-0.2, 0) is 11.3 Å². The lowest BCUT2D eigenvalue weighted by atomic mass is 10.0. The molecule has 4 aromatic rings. The second-order valence-electron chi connectivity index (χ2n) is 8.67. The molecule has 3 heterocycles. The molecule has 170 valence electrons. The molecule has 1 saturated heterocycles. The number of aromatic nitrogens is 4. The highest BCUT2D eigenvalue weighted by atomic mass is 35.5. The minimum atomic E-state index is -0.0493. The maximum Gasteiger partial charge on any atom is 0.256 e. The average molecular weight is 465 g/mol. The number of nitrogens with zero attached hydrogens (tertiary/aromatic N) is 6. The molecule has 2 amide bonds. The normalized spacial score (nSPS) is 14.8. The van der Waals surface area contributed by atoms with Crippen molar-refractivity contribution in [2.45, 2.75) is 25.4 Å². The average Bonchev–Trinajstić information content (AvgIpc) is 3.40. The highest BCUT2D eigenvalue weighted by molar-refractivity contribution is 6.31. The van der Waals surface area contributed by atoms with Crippen LogP contribution in [0, 0.1) is 0 Å². The molecule has 0 unspecified atom stereocenters. The molecule has 0 bridgehead atoms. The minimum absolute atomic E-state index is 0.0275. The number of likely N-dealkylation sites (tertiary alicyclic amines) is 1. The second-order valence-corrected chi connectivity index (χ2v) is 9.10. The van der Waals surface area contributed by atoms with Crippen molar-refractivity contribution >= 4 is 45.4 Å². The standard InChI is InChI=1S/C24H25ClN6O2/c1-28(2)23(32)15-30-14-19(18-8-7-16(25)13-22(18)30)24(33)29-11-9-17(10-12-29)31-21-6-4-3-5-20(21)26-27-31/h3-8,13-14,17H,9-12,15H2,1-2H3. The van der Waals surface area contributed by atoms with Gasteiger partial charge < -0.3 is 14.4 Å². The summed E-state index contributed by atoms with van der Waals surface area (Å²) in [7, 11) is 3.44. The topological polar surface area (TPSA) is 76.3 Å². The van der Waals surface area contributed by atoms with Gasteiger partial charge in [0.25, 0.3) is 5.91 Å². The summed E-state index contributed by atoms with van der Waals surface area (Å²) in [5.41, 5.74) is 3.28. The number of benzene rings is 2. The summed E-state index contributed by atoms with van der Waals surface area (Å²) >= 11 is 6.22. The van der Waals surface area contributed by atoms with Gasteiger partial charge in [-0.3, -0.25) is 9.59 Å². The molecule has 2 aromatic heterocycles. The Labute approximate surface area is 196 Å². The van der Waals surface area contributed by atoms with E-state index in [0.29, 0.717) is 23.7 Å². The largest absolute Gasteiger partial charge is 0.347 e. The van der Waals surface area contributed by atoms with Gasteiger partial charge in [-0.2, -0.15) is 0 Å². The number of amides is 2. The van der Waals surface area contributed by atoms with Gasteiger partial charge in [0.1, 0.15) is 12.1 Å². The maximum absolute atomic E-state index is 13.5. The molecular weight excluding hydrogens is 440 g/mol. The quantitative estimate of drug-likeness (QED) is 0.462. The maximum atomic E-state index is 13.5. The first-order valence-electron chi connectivity index (χ1n) is 11.0. The molecule has 0 radical (unpaired) electrons. The van der Waals surface area contributed by atoms with Gasteiger partial charge in [0, 0.05) is 43.8 Å². The molecule has 33 heavy (non-hydrogen) atoms. The van der Waals surface area contributed by atoms with Crippen LogP contribution in [0.1, 0.15) is 29.2 Å². The van der Waals surface area contributed by atoms with Crippen molar-refractivity contribution in [1.29, 1.82) is 0 Å². The van der Waals surface area contributed by atoms with Gasteiger partial charge in [0.05, 0.1) is 22.6 Å². The first kappa shape index (κ1) is 21.5. The van der Waals surface area contributed by atoms with E-state index in [9.17, 15) is 9.59 Å². The molecule has 0 atom stereocenters. The van der Waals surface area contributed by atoms with Gasteiger partial charge >= 0.3 is 0 Å². The predicted octanol–water partition coefficient (Wildman–Crippen LogP) is 3.60. The van der Waals surface area contributed by atoms with Crippen molar-refractivity contribution in [2.24, 2.45) is 0 Å². The van der Waals surface area contributed by atoms with Gasteiger partial charge in [0.15, 0.2) is 0 Å². The van der Waals surface area contributed by atoms with Crippen molar-refractivity contribution in [2.75, 3.05) is 27.2 Å². The zero-order valence-electron chi connectivity index (χ0n) is 18.6. The van der Waals surface area contributed by atoms with Crippen molar-refractivity contribution < 1.29 is 9.59 Å². The van der Waals surface area contributed by atoms with Crippen molar-refractivity contribution in [3.63, 3.8) is 0 Å². The highest BCUT2D eigenvalue weighted by Crippen LogP contribution is 2.29. The van der Waals surface area contributed by atoms with E-state index in [2.05, 4.69) is 10.3 Å². The van der Waals surface area contributed by atoms with Crippen LogP contribution in [0.4, 0.5) is 0 Å². The summed E-state index contributed by atoms with van der Waals surface area (Å²) in [6.07, 6.45) is 3.40. The van der Waals surface area contributed by atoms with Crippen molar-refractivity contribution in [1.82, 2.24) is 29.4 Å². The number of piperidine rings is 1. The van der Waals surface area contributed by atoms with Crippen molar-refractivity contribution in [3.05, 3.63) is 59.2 Å². The van der Waals surface area contributed by atoms with E-state index < -0.39 is 0 Å². The third kappa shape index (κ3) is 3.95. The molecule has 9 heteroatoms. The number of fused-ring (bicyclic) bond motifs is 2. The number of halogens is 1. The predicted molar refractivity (Wildman–Crippen MR) is 127 cm³/mol. The summed E-state index contributed by atoms with van der Waals surface area (Å²) in [6, 6.07) is 13.6. The van der Waals surface area contributed by atoms with Crippen molar-refractivity contribution in [3.8, 4) is 0 Å². The minimum Gasteiger partial charge on any atom is -0.347 e.